The molecule has 11 heteroatoms. The summed E-state index contributed by atoms with van der Waals surface area (Å²) in [6.07, 6.45) is -4.76. The number of aromatic nitrogens is 2. The van der Waals surface area contributed by atoms with Crippen molar-refractivity contribution in [1.82, 2.24) is 14.7 Å². The first-order chi connectivity index (χ1) is 17.8. The zero-order valence-corrected chi connectivity index (χ0v) is 20.5. The molecule has 0 bridgehead atoms. The largest absolute Gasteiger partial charge is 0.497 e. The Morgan fingerprint density at radius 2 is 1.68 bits per heavy atom. The van der Waals surface area contributed by atoms with Gasteiger partial charge in [-0.25, -0.2) is 4.68 Å². The third-order valence-corrected chi connectivity index (χ3v) is 6.91. The van der Waals surface area contributed by atoms with Gasteiger partial charge in [-0.15, -0.1) is 0 Å². The van der Waals surface area contributed by atoms with E-state index in [-0.39, 0.29) is 23.8 Å². The van der Waals surface area contributed by atoms with Gasteiger partial charge >= 0.3 is 6.18 Å². The molecular weight excluding hydrogens is 487 g/mol. The lowest BCUT2D eigenvalue weighted by atomic mass is 9.97. The Balaban J connectivity index is 1.32. The summed E-state index contributed by atoms with van der Waals surface area (Å²) in [5.74, 6) is 1.17. The van der Waals surface area contributed by atoms with Gasteiger partial charge in [0.1, 0.15) is 17.3 Å². The lowest BCUT2D eigenvalue weighted by molar-refractivity contribution is -0.173. The van der Waals surface area contributed by atoms with Crippen LogP contribution in [-0.4, -0.2) is 67.2 Å². The van der Waals surface area contributed by atoms with Gasteiger partial charge in [0.2, 0.25) is 0 Å². The van der Waals surface area contributed by atoms with Crippen LogP contribution in [0.25, 0.3) is 0 Å². The van der Waals surface area contributed by atoms with Crippen LogP contribution in [0.1, 0.15) is 34.6 Å². The average Bonchev–Trinajstić information content (AvgIpc) is 3.36. The number of carbonyl (C=O) groups excluding carboxylic acids is 1. The van der Waals surface area contributed by atoms with E-state index in [2.05, 4.69) is 15.3 Å². The molecule has 2 aliphatic rings. The number of benzene rings is 2. The van der Waals surface area contributed by atoms with E-state index in [9.17, 15) is 18.0 Å². The van der Waals surface area contributed by atoms with Crippen molar-refractivity contribution in [2.24, 2.45) is 0 Å². The number of carbonyl (C=O) groups is 1. The highest BCUT2D eigenvalue weighted by atomic mass is 19.4. The smallest absolute Gasteiger partial charge is 0.410 e. The molecule has 3 aromatic rings. The fourth-order valence-electron chi connectivity index (χ4n) is 4.87. The third kappa shape index (κ3) is 5.03. The molecule has 1 fully saturated rings. The van der Waals surface area contributed by atoms with E-state index in [1.165, 1.54) is 13.2 Å². The second-order valence-corrected chi connectivity index (χ2v) is 9.10. The highest BCUT2D eigenvalue weighted by molar-refractivity contribution is 5.93. The van der Waals surface area contributed by atoms with Crippen molar-refractivity contribution in [1.29, 1.82) is 0 Å². The van der Waals surface area contributed by atoms with Gasteiger partial charge in [0, 0.05) is 50.4 Å². The average molecular weight is 516 g/mol. The minimum Gasteiger partial charge on any atom is -0.497 e. The number of ether oxygens (including phenoxy) is 2. The van der Waals surface area contributed by atoms with Gasteiger partial charge in [-0.3, -0.25) is 4.79 Å². The number of nitrogens with zero attached hydrogens (tertiary/aromatic N) is 4. The van der Waals surface area contributed by atoms with Crippen molar-refractivity contribution < 1.29 is 27.4 Å². The van der Waals surface area contributed by atoms with E-state index in [4.69, 9.17) is 9.47 Å². The van der Waals surface area contributed by atoms with Crippen LogP contribution < -0.4 is 19.7 Å². The van der Waals surface area contributed by atoms with Gasteiger partial charge in [0.15, 0.2) is 11.7 Å². The van der Waals surface area contributed by atoms with Crippen molar-refractivity contribution in [3.05, 3.63) is 65.9 Å². The first-order valence-electron chi connectivity index (χ1n) is 12.0. The molecule has 2 aliphatic heterocycles. The van der Waals surface area contributed by atoms with Crippen LogP contribution in [0.3, 0.4) is 0 Å². The van der Waals surface area contributed by atoms with Gasteiger partial charge in [-0.1, -0.05) is 18.2 Å². The van der Waals surface area contributed by atoms with Crippen molar-refractivity contribution in [2.75, 3.05) is 50.6 Å². The summed E-state index contributed by atoms with van der Waals surface area (Å²) in [4.78, 5) is 17.0. The Bertz CT molecular complexity index is 1250. The number of hydrogen-bond acceptors (Lipinski definition) is 6. The Morgan fingerprint density at radius 3 is 2.32 bits per heavy atom. The fraction of sp³-hybridized carbons (Fsp3) is 0.385. The van der Waals surface area contributed by atoms with Crippen LogP contribution >= 0.6 is 0 Å². The summed E-state index contributed by atoms with van der Waals surface area (Å²) in [7, 11) is 3.14. The number of anilines is 2. The number of piperazine rings is 1. The molecule has 5 rings (SSSR count). The van der Waals surface area contributed by atoms with Crippen LogP contribution in [0.4, 0.5) is 24.7 Å². The van der Waals surface area contributed by atoms with Gasteiger partial charge in [0.05, 0.1) is 20.3 Å². The van der Waals surface area contributed by atoms with E-state index < -0.39 is 18.3 Å². The molecule has 0 radical (unpaired) electrons. The van der Waals surface area contributed by atoms with E-state index in [0.717, 1.165) is 16.1 Å². The van der Waals surface area contributed by atoms with Crippen LogP contribution in [0, 0.1) is 0 Å². The molecule has 0 unspecified atom stereocenters. The Hall–Kier alpha value is -3.89. The summed E-state index contributed by atoms with van der Waals surface area (Å²) in [5.41, 5.74) is 1.69. The van der Waals surface area contributed by atoms with Gasteiger partial charge in [0.25, 0.3) is 5.91 Å². The number of methoxy groups -OCH3 is 2. The number of hydrogen-bond donors (Lipinski definition) is 1. The van der Waals surface area contributed by atoms with E-state index >= 15 is 0 Å². The first-order valence-corrected chi connectivity index (χ1v) is 12.0. The highest BCUT2D eigenvalue weighted by Crippen LogP contribution is 2.44. The minimum absolute atomic E-state index is 0.00182. The SMILES string of the molecule is COc1ccc([C@H]2C[C@@H](C(F)(F)F)n3nc(C(=O)N4CCN(c5cccc(OC)c5)CC4)cc3N2)cc1. The van der Waals surface area contributed by atoms with Crippen LogP contribution in [0.5, 0.6) is 11.5 Å². The maximum Gasteiger partial charge on any atom is 0.410 e. The predicted octanol–water partition coefficient (Wildman–Crippen LogP) is 4.52. The zero-order chi connectivity index (χ0) is 26.2. The molecule has 1 N–H and O–H groups in total. The molecule has 1 aromatic heterocycles. The van der Waals surface area contributed by atoms with Crippen molar-refractivity contribution in [3.8, 4) is 11.5 Å². The molecular formula is C26H28F3N5O3. The van der Waals surface area contributed by atoms with E-state index in [0.29, 0.717) is 37.5 Å². The van der Waals surface area contributed by atoms with Gasteiger partial charge in [-0.05, 0) is 29.8 Å². The van der Waals surface area contributed by atoms with Crippen LogP contribution in [0.15, 0.2) is 54.6 Å². The van der Waals surface area contributed by atoms with E-state index in [1.54, 1.807) is 36.3 Å². The summed E-state index contributed by atoms with van der Waals surface area (Å²) >= 11 is 0. The minimum atomic E-state index is -4.52. The topological polar surface area (TPSA) is 71.9 Å². The number of nitrogens with one attached hydrogen (secondary N) is 1. The third-order valence-electron chi connectivity index (χ3n) is 6.91. The zero-order valence-electron chi connectivity index (χ0n) is 20.5. The molecule has 1 saturated heterocycles. The lowest BCUT2D eigenvalue weighted by Crippen LogP contribution is -2.49. The molecule has 196 valence electrons. The van der Waals surface area contributed by atoms with Crippen molar-refractivity contribution >= 4 is 17.4 Å². The molecule has 2 aromatic carbocycles. The molecule has 8 nitrogen and oxygen atoms in total. The standard InChI is InChI=1S/C26H28F3N5O3/c1-36-19-8-6-17(7-9-19)21-15-23(26(27,28)29)34-24(30-21)16-22(31-34)25(35)33-12-10-32(11-13-33)18-4-3-5-20(14-18)37-2/h3-9,14,16,21,23,30H,10-13,15H2,1-2H3/t21-,23+/m1/s1. The molecule has 37 heavy (non-hydrogen) atoms. The molecule has 1 amide bonds. The fourth-order valence-corrected chi connectivity index (χ4v) is 4.87. The quantitative estimate of drug-likeness (QED) is 0.539. The molecule has 0 saturated carbocycles. The first kappa shape index (κ1) is 24.8. The number of amides is 1. The summed E-state index contributed by atoms with van der Waals surface area (Å²) < 4.78 is 53.4. The number of rotatable bonds is 5. The Kier molecular flexibility index (Phi) is 6.61. The maximum absolute atomic E-state index is 14.0. The summed E-state index contributed by atoms with van der Waals surface area (Å²) in [6.45, 7) is 2.05. The maximum atomic E-state index is 14.0. The predicted molar refractivity (Wildman–Crippen MR) is 132 cm³/mol. The molecule has 0 spiro atoms. The summed E-state index contributed by atoms with van der Waals surface area (Å²) in [5, 5.41) is 7.26. The Labute approximate surface area is 212 Å². The molecule has 3 heterocycles. The van der Waals surface area contributed by atoms with Gasteiger partial charge < -0.3 is 24.6 Å². The normalized spacial score (nSPS) is 19.7. The number of alkyl halides is 3. The van der Waals surface area contributed by atoms with Gasteiger partial charge in [-0.2, -0.15) is 18.3 Å². The van der Waals surface area contributed by atoms with Crippen LogP contribution in [-0.2, 0) is 0 Å². The highest BCUT2D eigenvalue weighted by Gasteiger charge is 2.47. The second-order valence-electron chi connectivity index (χ2n) is 9.10. The van der Waals surface area contributed by atoms with Crippen molar-refractivity contribution in [3.63, 3.8) is 0 Å². The molecule has 0 aliphatic carbocycles. The van der Waals surface area contributed by atoms with E-state index in [1.807, 2.05) is 24.3 Å². The molecule has 2 atom stereocenters. The summed E-state index contributed by atoms with van der Waals surface area (Å²) in [6, 6.07) is 13.6. The number of fused-ring (bicyclic) bond motifs is 1. The number of halogens is 3. The van der Waals surface area contributed by atoms with Crippen LogP contribution in [0.2, 0.25) is 0 Å². The monoisotopic (exact) mass is 515 g/mol. The van der Waals surface area contributed by atoms with Crippen molar-refractivity contribution in [2.45, 2.75) is 24.7 Å². The second kappa shape index (κ2) is 9.87. The Morgan fingerprint density at radius 1 is 0.973 bits per heavy atom. The lowest BCUT2D eigenvalue weighted by Gasteiger charge is -2.36.